The Balaban J connectivity index is 1.64. The van der Waals surface area contributed by atoms with Crippen LogP contribution in [0.4, 0.5) is 11.4 Å². The molecule has 0 aliphatic heterocycles. The van der Waals surface area contributed by atoms with Crippen LogP contribution in [-0.4, -0.2) is 18.7 Å². The molecule has 0 aliphatic carbocycles. The van der Waals surface area contributed by atoms with Crippen molar-refractivity contribution in [2.75, 3.05) is 16.9 Å². The van der Waals surface area contributed by atoms with Crippen LogP contribution in [0.2, 0.25) is 5.02 Å². The molecule has 0 bridgehead atoms. The fourth-order valence-corrected chi connectivity index (χ4v) is 3.09. The molecule has 5 nitrogen and oxygen atoms in total. The van der Waals surface area contributed by atoms with E-state index < -0.39 is 5.97 Å². The second-order valence-corrected chi connectivity index (χ2v) is 6.85. The minimum Gasteiger partial charge on any atom is -0.545 e. The summed E-state index contributed by atoms with van der Waals surface area (Å²) < 4.78 is 0. The Bertz CT molecular complexity index is 989. The number of halogens is 1. The minimum atomic E-state index is -1.32. The predicted octanol–water partition coefficient (Wildman–Crippen LogP) is 4.18. The number of hydrogen-bond acceptors (Lipinski definition) is 5. The van der Waals surface area contributed by atoms with E-state index in [1.807, 2.05) is 30.3 Å². The van der Waals surface area contributed by atoms with Gasteiger partial charge in [0.05, 0.1) is 17.9 Å². The Labute approximate surface area is 175 Å². The highest BCUT2D eigenvalue weighted by Crippen LogP contribution is 2.20. The van der Waals surface area contributed by atoms with Gasteiger partial charge in [-0.3, -0.25) is 5.43 Å². The van der Waals surface area contributed by atoms with Gasteiger partial charge in [-0.1, -0.05) is 54.1 Å². The summed E-state index contributed by atoms with van der Waals surface area (Å²) in [5.41, 5.74) is 6.57. The van der Waals surface area contributed by atoms with Gasteiger partial charge in [-0.05, 0) is 48.4 Å². The average Bonchev–Trinajstić information content (AvgIpc) is 2.74. The van der Waals surface area contributed by atoms with E-state index in [0.29, 0.717) is 5.69 Å². The van der Waals surface area contributed by atoms with E-state index in [1.54, 1.807) is 12.3 Å². The summed E-state index contributed by atoms with van der Waals surface area (Å²) in [6, 6.07) is 23.0. The van der Waals surface area contributed by atoms with Crippen LogP contribution in [0, 0.1) is 0 Å². The van der Waals surface area contributed by atoms with Gasteiger partial charge in [-0.15, -0.1) is 0 Å². The van der Waals surface area contributed by atoms with Gasteiger partial charge in [-0.25, -0.2) is 0 Å². The van der Waals surface area contributed by atoms with E-state index in [0.717, 1.165) is 24.3 Å². The fraction of sp³-hybridized carbons (Fsp3) is 0.130. The van der Waals surface area contributed by atoms with Gasteiger partial charge in [0.15, 0.2) is 0 Å². The van der Waals surface area contributed by atoms with Crippen molar-refractivity contribution in [3.05, 3.63) is 94.5 Å². The maximum absolute atomic E-state index is 11.0. The number of carboxylic acids is 1. The molecular weight excluding hydrogens is 386 g/mol. The minimum absolute atomic E-state index is 0.0747. The zero-order chi connectivity index (χ0) is 20.6. The molecule has 3 aromatic carbocycles. The van der Waals surface area contributed by atoms with Crippen molar-refractivity contribution in [3.63, 3.8) is 0 Å². The Morgan fingerprint density at radius 1 is 1.10 bits per heavy atom. The third kappa shape index (κ3) is 5.59. The molecule has 0 saturated carbocycles. The van der Waals surface area contributed by atoms with E-state index in [2.05, 4.69) is 46.6 Å². The Morgan fingerprint density at radius 2 is 1.83 bits per heavy atom. The van der Waals surface area contributed by atoms with E-state index in [1.165, 1.54) is 17.7 Å². The van der Waals surface area contributed by atoms with Gasteiger partial charge in [0.2, 0.25) is 0 Å². The number of rotatable bonds is 8. The SMILES string of the molecule is CCN(Cc1ccccc1)c1ccc(/C=N\Nc2ccc(Cl)c(C(=O)[O-])c2)cc1. The Hall–Kier alpha value is -3.31. The number of nitrogens with zero attached hydrogens (tertiary/aromatic N) is 2. The third-order valence-electron chi connectivity index (χ3n) is 4.45. The molecule has 0 radical (unpaired) electrons. The van der Waals surface area contributed by atoms with Crippen LogP contribution in [-0.2, 0) is 6.54 Å². The van der Waals surface area contributed by atoms with Gasteiger partial charge in [0, 0.05) is 29.4 Å². The molecule has 0 aliphatic rings. The molecule has 0 heterocycles. The van der Waals surface area contributed by atoms with Crippen LogP contribution in [0.5, 0.6) is 0 Å². The summed E-state index contributed by atoms with van der Waals surface area (Å²) in [5.74, 6) is -1.32. The van der Waals surface area contributed by atoms with Crippen molar-refractivity contribution in [2.24, 2.45) is 5.10 Å². The summed E-state index contributed by atoms with van der Waals surface area (Å²) in [6.45, 7) is 3.89. The number of carboxylic acid groups (broad SMARTS) is 1. The lowest BCUT2D eigenvalue weighted by Crippen LogP contribution is -2.22. The monoisotopic (exact) mass is 406 g/mol. The van der Waals surface area contributed by atoms with Gasteiger partial charge in [0.25, 0.3) is 0 Å². The molecule has 3 rings (SSSR count). The summed E-state index contributed by atoms with van der Waals surface area (Å²) in [7, 11) is 0. The molecule has 6 heteroatoms. The van der Waals surface area contributed by atoms with E-state index in [4.69, 9.17) is 11.6 Å². The van der Waals surface area contributed by atoms with Crippen molar-refractivity contribution in [3.8, 4) is 0 Å². The van der Waals surface area contributed by atoms with Crippen molar-refractivity contribution < 1.29 is 9.90 Å². The normalized spacial score (nSPS) is 10.8. The number of aromatic carboxylic acids is 1. The first-order valence-corrected chi connectivity index (χ1v) is 9.63. The van der Waals surface area contributed by atoms with E-state index in [-0.39, 0.29) is 10.6 Å². The molecular formula is C23H21ClN3O2-. The number of nitrogens with one attached hydrogen (secondary N) is 1. The molecule has 0 amide bonds. The van der Waals surface area contributed by atoms with Crippen molar-refractivity contribution in [2.45, 2.75) is 13.5 Å². The fourth-order valence-electron chi connectivity index (χ4n) is 2.89. The number of carbonyl (C=O) groups is 1. The molecule has 0 saturated heterocycles. The lowest BCUT2D eigenvalue weighted by molar-refractivity contribution is -0.255. The highest BCUT2D eigenvalue weighted by atomic mass is 35.5. The van der Waals surface area contributed by atoms with Crippen molar-refractivity contribution in [1.29, 1.82) is 0 Å². The van der Waals surface area contributed by atoms with Gasteiger partial charge in [-0.2, -0.15) is 5.10 Å². The van der Waals surface area contributed by atoms with E-state index in [9.17, 15) is 9.90 Å². The van der Waals surface area contributed by atoms with Crippen LogP contribution in [0.1, 0.15) is 28.4 Å². The molecule has 1 N–H and O–H groups in total. The quantitative estimate of drug-likeness (QED) is 0.450. The molecule has 0 aromatic heterocycles. The summed E-state index contributed by atoms with van der Waals surface area (Å²) >= 11 is 5.83. The number of anilines is 2. The van der Waals surface area contributed by atoms with Gasteiger partial charge in [0.1, 0.15) is 0 Å². The molecule has 29 heavy (non-hydrogen) atoms. The topological polar surface area (TPSA) is 67.8 Å². The van der Waals surface area contributed by atoms with Crippen LogP contribution < -0.4 is 15.4 Å². The maximum atomic E-state index is 11.0. The first-order chi connectivity index (χ1) is 14.1. The lowest BCUT2D eigenvalue weighted by atomic mass is 10.1. The van der Waals surface area contributed by atoms with Gasteiger partial charge >= 0.3 is 0 Å². The summed E-state index contributed by atoms with van der Waals surface area (Å²) in [4.78, 5) is 13.3. The molecule has 0 fully saturated rings. The van der Waals surface area contributed by atoms with Crippen LogP contribution in [0.3, 0.4) is 0 Å². The highest BCUT2D eigenvalue weighted by molar-refractivity contribution is 6.33. The maximum Gasteiger partial charge on any atom is 0.0731 e. The molecule has 0 spiro atoms. The zero-order valence-electron chi connectivity index (χ0n) is 16.0. The summed E-state index contributed by atoms with van der Waals surface area (Å²) in [5, 5.41) is 15.3. The first kappa shape index (κ1) is 20.4. The number of hydrogen-bond donors (Lipinski definition) is 1. The second kappa shape index (κ2) is 9.75. The predicted molar refractivity (Wildman–Crippen MR) is 117 cm³/mol. The molecule has 148 valence electrons. The van der Waals surface area contributed by atoms with Crippen LogP contribution in [0.25, 0.3) is 0 Å². The molecule has 0 atom stereocenters. The Kier molecular flexibility index (Phi) is 6.87. The second-order valence-electron chi connectivity index (χ2n) is 6.44. The molecule has 3 aromatic rings. The summed E-state index contributed by atoms with van der Waals surface area (Å²) in [6.07, 6.45) is 1.67. The third-order valence-corrected chi connectivity index (χ3v) is 4.78. The highest BCUT2D eigenvalue weighted by Gasteiger charge is 2.05. The first-order valence-electron chi connectivity index (χ1n) is 9.25. The number of benzene rings is 3. The number of carbonyl (C=O) groups excluding carboxylic acids is 1. The van der Waals surface area contributed by atoms with E-state index >= 15 is 0 Å². The largest absolute Gasteiger partial charge is 0.545 e. The molecule has 0 unspecified atom stereocenters. The van der Waals surface area contributed by atoms with Crippen LogP contribution >= 0.6 is 11.6 Å². The zero-order valence-corrected chi connectivity index (χ0v) is 16.8. The lowest BCUT2D eigenvalue weighted by Gasteiger charge is -2.23. The van der Waals surface area contributed by atoms with Crippen molar-refractivity contribution in [1.82, 2.24) is 0 Å². The van der Waals surface area contributed by atoms with Crippen molar-refractivity contribution >= 4 is 35.2 Å². The standard InChI is InChI=1S/C23H22ClN3O2/c1-2-27(16-18-6-4-3-5-7-18)20-11-8-17(9-12-20)15-25-26-19-10-13-22(24)21(14-19)23(28)29/h3-15,26H,2,16H2,1H3,(H,28,29)/p-1/b25-15-. The van der Waals surface area contributed by atoms with Crippen LogP contribution in [0.15, 0.2) is 77.9 Å². The Morgan fingerprint density at radius 3 is 2.48 bits per heavy atom. The van der Waals surface area contributed by atoms with Gasteiger partial charge < -0.3 is 14.8 Å². The average molecular weight is 407 g/mol. The smallest absolute Gasteiger partial charge is 0.0731 e. The number of hydrazone groups is 1.